The Morgan fingerprint density at radius 1 is 1.08 bits per heavy atom. The van der Waals surface area contributed by atoms with Crippen LogP contribution < -0.4 is 20.4 Å². The van der Waals surface area contributed by atoms with E-state index in [4.69, 9.17) is 13.9 Å². The fourth-order valence-electron chi connectivity index (χ4n) is 3.23. The first kappa shape index (κ1) is 16.2. The number of hydrogen-bond acceptors (Lipinski definition) is 5. The van der Waals surface area contributed by atoms with Crippen LogP contribution in [0.5, 0.6) is 11.5 Å². The van der Waals surface area contributed by atoms with Crippen LogP contribution in [-0.4, -0.2) is 12.7 Å². The largest absolute Gasteiger partial charge is 0.454 e. The van der Waals surface area contributed by atoms with Crippen molar-refractivity contribution in [2.75, 3.05) is 6.79 Å². The van der Waals surface area contributed by atoms with Crippen molar-refractivity contribution >= 4 is 16.9 Å². The molecule has 4 rings (SSSR count). The van der Waals surface area contributed by atoms with Crippen LogP contribution >= 0.6 is 0 Å². The lowest BCUT2D eigenvalue weighted by molar-refractivity contribution is 0.0950. The molecule has 1 amide bonds. The third kappa shape index (κ3) is 2.90. The summed E-state index contributed by atoms with van der Waals surface area (Å²) in [5.41, 5.74) is 3.30. The van der Waals surface area contributed by atoms with Crippen LogP contribution in [0.1, 0.15) is 27.0 Å². The van der Waals surface area contributed by atoms with E-state index in [1.165, 1.54) is 6.07 Å². The SMILES string of the molecule is Cc1cc(C)c2c(CNC(=O)c3ccc4c(c3)OCO4)cc(=O)oc2c1. The lowest BCUT2D eigenvalue weighted by atomic mass is 10.0. The van der Waals surface area contributed by atoms with Gasteiger partial charge in [0.1, 0.15) is 5.58 Å². The summed E-state index contributed by atoms with van der Waals surface area (Å²) < 4.78 is 15.9. The number of carbonyl (C=O) groups excluding carboxylic acids is 1. The van der Waals surface area contributed by atoms with E-state index >= 15 is 0 Å². The van der Waals surface area contributed by atoms with Gasteiger partial charge in [0, 0.05) is 23.6 Å². The average molecular weight is 351 g/mol. The van der Waals surface area contributed by atoms with Crippen molar-refractivity contribution < 1.29 is 18.7 Å². The third-order valence-electron chi connectivity index (χ3n) is 4.34. The van der Waals surface area contributed by atoms with E-state index in [1.807, 2.05) is 26.0 Å². The van der Waals surface area contributed by atoms with Gasteiger partial charge in [-0.2, -0.15) is 0 Å². The molecule has 1 N–H and O–H groups in total. The summed E-state index contributed by atoms with van der Waals surface area (Å²) in [6.07, 6.45) is 0. The molecule has 1 aliphatic rings. The molecule has 1 aliphatic heterocycles. The highest BCUT2D eigenvalue weighted by Crippen LogP contribution is 2.32. The molecule has 0 aliphatic carbocycles. The Balaban J connectivity index is 1.62. The molecule has 0 saturated carbocycles. The van der Waals surface area contributed by atoms with Gasteiger partial charge < -0.3 is 19.2 Å². The van der Waals surface area contributed by atoms with Crippen LogP contribution in [0.25, 0.3) is 11.0 Å². The third-order valence-corrected chi connectivity index (χ3v) is 4.34. The number of ether oxygens (including phenoxy) is 2. The van der Waals surface area contributed by atoms with Crippen molar-refractivity contribution in [2.45, 2.75) is 20.4 Å². The fourth-order valence-corrected chi connectivity index (χ4v) is 3.23. The Bertz CT molecular complexity index is 1080. The first-order valence-electron chi connectivity index (χ1n) is 8.23. The fraction of sp³-hybridized carbons (Fsp3) is 0.200. The molecule has 2 heterocycles. The molecular formula is C20H17NO5. The zero-order chi connectivity index (χ0) is 18.3. The Labute approximate surface area is 149 Å². The molecule has 2 aromatic carbocycles. The van der Waals surface area contributed by atoms with E-state index in [2.05, 4.69) is 5.32 Å². The molecule has 0 bridgehead atoms. The van der Waals surface area contributed by atoms with Gasteiger partial charge in [0.2, 0.25) is 6.79 Å². The zero-order valence-electron chi connectivity index (χ0n) is 14.4. The monoisotopic (exact) mass is 351 g/mol. The lowest BCUT2D eigenvalue weighted by Crippen LogP contribution is -2.23. The lowest BCUT2D eigenvalue weighted by Gasteiger charge is -2.10. The highest BCUT2D eigenvalue weighted by molar-refractivity contribution is 5.95. The number of nitrogens with one attached hydrogen (secondary N) is 1. The molecule has 6 heteroatoms. The standard InChI is InChI=1S/C20H17NO5/c1-11-5-12(2)19-14(8-18(22)26-17(19)6-11)9-21-20(23)13-3-4-15-16(7-13)25-10-24-15/h3-8H,9-10H2,1-2H3,(H,21,23). The maximum atomic E-state index is 12.5. The Kier molecular flexibility index (Phi) is 3.88. The number of fused-ring (bicyclic) bond motifs is 2. The molecule has 132 valence electrons. The second-order valence-corrected chi connectivity index (χ2v) is 6.30. The molecule has 0 saturated heterocycles. The van der Waals surface area contributed by atoms with Crippen molar-refractivity contribution in [1.82, 2.24) is 5.32 Å². The summed E-state index contributed by atoms with van der Waals surface area (Å²) in [6.45, 7) is 4.28. The molecule has 6 nitrogen and oxygen atoms in total. The summed E-state index contributed by atoms with van der Waals surface area (Å²) in [4.78, 5) is 24.3. The summed E-state index contributed by atoms with van der Waals surface area (Å²) in [5.74, 6) is 0.920. The van der Waals surface area contributed by atoms with E-state index in [0.29, 0.717) is 22.6 Å². The van der Waals surface area contributed by atoms with Gasteiger partial charge in [0.25, 0.3) is 5.91 Å². The second-order valence-electron chi connectivity index (χ2n) is 6.30. The molecule has 1 aromatic heterocycles. The van der Waals surface area contributed by atoms with Gasteiger partial charge >= 0.3 is 5.63 Å². The van der Waals surface area contributed by atoms with Crippen LogP contribution in [0.15, 0.2) is 45.6 Å². The molecule has 26 heavy (non-hydrogen) atoms. The molecule has 0 radical (unpaired) electrons. The van der Waals surface area contributed by atoms with Crippen molar-refractivity contribution in [3.8, 4) is 11.5 Å². The highest BCUT2D eigenvalue weighted by atomic mass is 16.7. The van der Waals surface area contributed by atoms with Gasteiger partial charge in [-0.1, -0.05) is 6.07 Å². The topological polar surface area (TPSA) is 77.8 Å². The summed E-state index contributed by atoms with van der Waals surface area (Å²) in [6, 6.07) is 10.3. The van der Waals surface area contributed by atoms with Gasteiger partial charge in [0.15, 0.2) is 11.5 Å². The Hall–Kier alpha value is -3.28. The summed E-state index contributed by atoms with van der Waals surface area (Å²) in [5, 5.41) is 3.70. The van der Waals surface area contributed by atoms with Crippen LogP contribution in [0.2, 0.25) is 0 Å². The van der Waals surface area contributed by atoms with Crippen LogP contribution in [0.4, 0.5) is 0 Å². The number of carbonyl (C=O) groups is 1. The average Bonchev–Trinajstić information content (AvgIpc) is 3.06. The van der Waals surface area contributed by atoms with Crippen LogP contribution in [0, 0.1) is 13.8 Å². The van der Waals surface area contributed by atoms with E-state index in [0.717, 1.165) is 22.1 Å². The predicted octanol–water partition coefficient (Wildman–Crippen LogP) is 3.07. The quantitative estimate of drug-likeness (QED) is 0.734. The maximum absolute atomic E-state index is 12.5. The van der Waals surface area contributed by atoms with Crippen molar-refractivity contribution in [3.05, 3.63) is 69.1 Å². The molecule has 0 spiro atoms. The Morgan fingerprint density at radius 2 is 1.88 bits per heavy atom. The second kappa shape index (κ2) is 6.22. The molecule has 0 fully saturated rings. The predicted molar refractivity (Wildman–Crippen MR) is 95.7 cm³/mol. The highest BCUT2D eigenvalue weighted by Gasteiger charge is 2.17. The number of aryl methyl sites for hydroxylation is 2. The molecular weight excluding hydrogens is 334 g/mol. The molecule has 0 unspecified atom stereocenters. The first-order chi connectivity index (χ1) is 12.5. The number of rotatable bonds is 3. The summed E-state index contributed by atoms with van der Waals surface area (Å²) >= 11 is 0. The van der Waals surface area contributed by atoms with Gasteiger partial charge in [-0.3, -0.25) is 4.79 Å². The number of benzene rings is 2. The molecule has 0 atom stereocenters. The zero-order valence-corrected chi connectivity index (χ0v) is 14.4. The van der Waals surface area contributed by atoms with Crippen molar-refractivity contribution in [2.24, 2.45) is 0 Å². The first-order valence-corrected chi connectivity index (χ1v) is 8.23. The number of amides is 1. The molecule has 3 aromatic rings. The van der Waals surface area contributed by atoms with Gasteiger partial charge in [-0.05, 0) is 54.8 Å². The van der Waals surface area contributed by atoms with Crippen molar-refractivity contribution in [1.29, 1.82) is 0 Å². The van der Waals surface area contributed by atoms with Crippen LogP contribution in [-0.2, 0) is 6.54 Å². The maximum Gasteiger partial charge on any atom is 0.336 e. The minimum absolute atomic E-state index is 0.158. The Morgan fingerprint density at radius 3 is 2.73 bits per heavy atom. The van der Waals surface area contributed by atoms with Gasteiger partial charge in [0.05, 0.1) is 0 Å². The van der Waals surface area contributed by atoms with Crippen LogP contribution in [0.3, 0.4) is 0 Å². The summed E-state index contributed by atoms with van der Waals surface area (Å²) in [7, 11) is 0. The minimum atomic E-state index is -0.435. The number of hydrogen-bond donors (Lipinski definition) is 1. The normalized spacial score (nSPS) is 12.4. The minimum Gasteiger partial charge on any atom is -0.454 e. The van der Waals surface area contributed by atoms with Gasteiger partial charge in [-0.25, -0.2) is 4.79 Å². The van der Waals surface area contributed by atoms with E-state index in [9.17, 15) is 9.59 Å². The van der Waals surface area contributed by atoms with E-state index in [1.54, 1.807) is 18.2 Å². The van der Waals surface area contributed by atoms with E-state index in [-0.39, 0.29) is 19.2 Å². The van der Waals surface area contributed by atoms with Crippen molar-refractivity contribution in [3.63, 3.8) is 0 Å². The smallest absolute Gasteiger partial charge is 0.336 e. The van der Waals surface area contributed by atoms with E-state index < -0.39 is 5.63 Å². The van der Waals surface area contributed by atoms with Gasteiger partial charge in [-0.15, -0.1) is 0 Å².